The Kier molecular flexibility index (Phi) is 3.94. The highest BCUT2D eigenvalue weighted by Crippen LogP contribution is 2.12. The summed E-state index contributed by atoms with van der Waals surface area (Å²) >= 11 is 0. The standard InChI is InChI=1S/C13H18N2O/c16-10-6-2-1-3-9-13-14-11-7-4-5-8-12(11)15-13/h4-5,7-8,16H,1-3,6,9-10H2,(H,14,15). The summed E-state index contributed by atoms with van der Waals surface area (Å²) in [5.41, 5.74) is 2.17. The fourth-order valence-electron chi connectivity index (χ4n) is 1.88. The maximum atomic E-state index is 8.66. The van der Waals surface area contributed by atoms with E-state index < -0.39 is 0 Å². The first-order chi connectivity index (χ1) is 7.90. The third-order valence-electron chi connectivity index (χ3n) is 2.76. The van der Waals surface area contributed by atoms with Crippen molar-refractivity contribution >= 4 is 11.0 Å². The van der Waals surface area contributed by atoms with Crippen molar-refractivity contribution in [1.29, 1.82) is 0 Å². The number of aliphatic hydroxyl groups excluding tert-OH is 1. The Morgan fingerprint density at radius 2 is 1.88 bits per heavy atom. The molecule has 3 heteroatoms. The number of hydrogen-bond acceptors (Lipinski definition) is 2. The van der Waals surface area contributed by atoms with Crippen LogP contribution in [0.1, 0.15) is 31.5 Å². The Bertz CT molecular complexity index is 403. The van der Waals surface area contributed by atoms with Crippen LogP contribution < -0.4 is 0 Å². The lowest BCUT2D eigenvalue weighted by Crippen LogP contribution is -1.89. The second-order valence-corrected chi connectivity index (χ2v) is 4.09. The minimum absolute atomic E-state index is 0.310. The molecule has 0 unspecified atom stereocenters. The van der Waals surface area contributed by atoms with Gasteiger partial charge in [-0.2, -0.15) is 0 Å². The second-order valence-electron chi connectivity index (χ2n) is 4.09. The summed E-state index contributed by atoms with van der Waals surface area (Å²) in [5.74, 6) is 1.07. The number of aromatic amines is 1. The van der Waals surface area contributed by atoms with E-state index in [4.69, 9.17) is 5.11 Å². The molecule has 0 aliphatic heterocycles. The average molecular weight is 218 g/mol. The molecule has 0 radical (unpaired) electrons. The number of H-pyrrole nitrogens is 1. The fraction of sp³-hybridized carbons (Fsp3) is 0.462. The molecule has 16 heavy (non-hydrogen) atoms. The molecule has 0 saturated heterocycles. The summed E-state index contributed by atoms with van der Waals surface area (Å²) < 4.78 is 0. The highest BCUT2D eigenvalue weighted by atomic mass is 16.2. The Morgan fingerprint density at radius 3 is 2.69 bits per heavy atom. The lowest BCUT2D eigenvalue weighted by atomic mass is 10.1. The quantitative estimate of drug-likeness (QED) is 0.732. The smallest absolute Gasteiger partial charge is 0.107 e. The zero-order chi connectivity index (χ0) is 11.2. The zero-order valence-electron chi connectivity index (χ0n) is 9.45. The van der Waals surface area contributed by atoms with Crippen molar-refractivity contribution < 1.29 is 5.11 Å². The molecule has 0 bridgehead atoms. The van der Waals surface area contributed by atoms with Crippen molar-refractivity contribution in [3.63, 3.8) is 0 Å². The largest absolute Gasteiger partial charge is 0.396 e. The summed E-state index contributed by atoms with van der Waals surface area (Å²) in [6.07, 6.45) is 5.33. The number of imidazole rings is 1. The number of para-hydroxylation sites is 2. The third-order valence-corrected chi connectivity index (χ3v) is 2.76. The molecule has 0 fully saturated rings. The Morgan fingerprint density at radius 1 is 1.06 bits per heavy atom. The zero-order valence-corrected chi connectivity index (χ0v) is 9.45. The van der Waals surface area contributed by atoms with E-state index in [0.29, 0.717) is 6.61 Å². The molecule has 86 valence electrons. The van der Waals surface area contributed by atoms with Crippen LogP contribution in [0, 0.1) is 0 Å². The molecule has 0 atom stereocenters. The summed E-state index contributed by atoms with van der Waals surface area (Å²) in [7, 11) is 0. The van der Waals surface area contributed by atoms with E-state index in [1.165, 1.54) is 0 Å². The number of aryl methyl sites for hydroxylation is 1. The average Bonchev–Trinajstić information content (AvgIpc) is 2.71. The van der Waals surface area contributed by atoms with Crippen LogP contribution in [0.3, 0.4) is 0 Å². The van der Waals surface area contributed by atoms with Crippen molar-refractivity contribution in [3.8, 4) is 0 Å². The Hall–Kier alpha value is -1.35. The first-order valence-corrected chi connectivity index (χ1v) is 5.94. The molecule has 2 N–H and O–H groups in total. The van der Waals surface area contributed by atoms with Crippen molar-refractivity contribution in [3.05, 3.63) is 30.1 Å². The van der Waals surface area contributed by atoms with Crippen LogP contribution in [0.25, 0.3) is 11.0 Å². The molecule has 0 aliphatic rings. The Balaban J connectivity index is 1.85. The highest BCUT2D eigenvalue weighted by molar-refractivity contribution is 5.74. The van der Waals surface area contributed by atoms with Gasteiger partial charge in [0.1, 0.15) is 5.82 Å². The number of fused-ring (bicyclic) bond motifs is 1. The lowest BCUT2D eigenvalue weighted by Gasteiger charge is -1.97. The molecule has 0 spiro atoms. The van der Waals surface area contributed by atoms with Crippen LogP contribution >= 0.6 is 0 Å². The number of nitrogens with zero attached hydrogens (tertiary/aromatic N) is 1. The Labute approximate surface area is 95.5 Å². The van der Waals surface area contributed by atoms with E-state index in [0.717, 1.165) is 49.0 Å². The fourth-order valence-corrected chi connectivity index (χ4v) is 1.88. The van der Waals surface area contributed by atoms with Crippen LogP contribution in [0.2, 0.25) is 0 Å². The monoisotopic (exact) mass is 218 g/mol. The van der Waals surface area contributed by atoms with Gasteiger partial charge in [0.05, 0.1) is 11.0 Å². The predicted octanol–water partition coefficient (Wildman–Crippen LogP) is 2.66. The van der Waals surface area contributed by atoms with Gasteiger partial charge in [-0.1, -0.05) is 25.0 Å². The van der Waals surface area contributed by atoms with Gasteiger partial charge >= 0.3 is 0 Å². The van der Waals surface area contributed by atoms with E-state index in [1.807, 2.05) is 18.2 Å². The topological polar surface area (TPSA) is 48.9 Å². The van der Waals surface area contributed by atoms with Crippen LogP contribution in [0.5, 0.6) is 0 Å². The molecule has 2 rings (SSSR count). The van der Waals surface area contributed by atoms with Gasteiger partial charge in [0.2, 0.25) is 0 Å². The molecule has 2 aromatic rings. The van der Waals surface area contributed by atoms with Gasteiger partial charge in [-0.15, -0.1) is 0 Å². The van der Waals surface area contributed by atoms with E-state index in [1.54, 1.807) is 0 Å². The normalized spacial score (nSPS) is 11.1. The van der Waals surface area contributed by atoms with Gasteiger partial charge in [-0.3, -0.25) is 0 Å². The number of aromatic nitrogens is 2. The minimum Gasteiger partial charge on any atom is -0.396 e. The SMILES string of the molecule is OCCCCCCc1nc2ccccc2[nH]1. The molecule has 0 amide bonds. The highest BCUT2D eigenvalue weighted by Gasteiger charge is 2.00. The summed E-state index contributed by atoms with van der Waals surface area (Å²) in [4.78, 5) is 7.85. The van der Waals surface area contributed by atoms with Crippen LogP contribution in [0.15, 0.2) is 24.3 Å². The van der Waals surface area contributed by atoms with Crippen LogP contribution in [-0.4, -0.2) is 21.7 Å². The maximum absolute atomic E-state index is 8.66. The van der Waals surface area contributed by atoms with Gasteiger partial charge in [-0.05, 0) is 25.0 Å². The van der Waals surface area contributed by atoms with Crippen molar-refractivity contribution in [2.75, 3.05) is 6.61 Å². The number of aliphatic hydroxyl groups is 1. The van der Waals surface area contributed by atoms with Gasteiger partial charge in [0.15, 0.2) is 0 Å². The maximum Gasteiger partial charge on any atom is 0.107 e. The van der Waals surface area contributed by atoms with E-state index in [-0.39, 0.29) is 0 Å². The summed E-state index contributed by atoms with van der Waals surface area (Å²) in [5, 5.41) is 8.66. The predicted molar refractivity (Wildman–Crippen MR) is 65.4 cm³/mol. The van der Waals surface area contributed by atoms with Gasteiger partial charge in [0.25, 0.3) is 0 Å². The van der Waals surface area contributed by atoms with Gasteiger partial charge in [0, 0.05) is 13.0 Å². The number of rotatable bonds is 6. The number of hydrogen-bond donors (Lipinski definition) is 2. The molecule has 1 aromatic heterocycles. The first-order valence-electron chi connectivity index (χ1n) is 5.94. The van der Waals surface area contributed by atoms with Crippen LogP contribution in [-0.2, 0) is 6.42 Å². The number of unbranched alkanes of at least 4 members (excludes halogenated alkanes) is 3. The van der Waals surface area contributed by atoms with Crippen molar-refractivity contribution in [2.24, 2.45) is 0 Å². The minimum atomic E-state index is 0.310. The van der Waals surface area contributed by atoms with E-state index in [9.17, 15) is 0 Å². The molecular weight excluding hydrogens is 200 g/mol. The lowest BCUT2D eigenvalue weighted by molar-refractivity contribution is 0.282. The van der Waals surface area contributed by atoms with Crippen molar-refractivity contribution in [2.45, 2.75) is 32.1 Å². The molecule has 0 saturated carbocycles. The van der Waals surface area contributed by atoms with Crippen LogP contribution in [0.4, 0.5) is 0 Å². The molecular formula is C13H18N2O. The second kappa shape index (κ2) is 5.66. The van der Waals surface area contributed by atoms with Crippen molar-refractivity contribution in [1.82, 2.24) is 9.97 Å². The summed E-state index contributed by atoms with van der Waals surface area (Å²) in [6.45, 7) is 0.310. The third kappa shape index (κ3) is 2.83. The molecule has 0 aliphatic carbocycles. The first kappa shape index (κ1) is 11.1. The molecule has 1 heterocycles. The van der Waals surface area contributed by atoms with Gasteiger partial charge < -0.3 is 10.1 Å². The van der Waals surface area contributed by atoms with E-state index in [2.05, 4.69) is 16.0 Å². The number of nitrogens with one attached hydrogen (secondary N) is 1. The summed E-state index contributed by atoms with van der Waals surface area (Å²) in [6, 6.07) is 8.11. The molecule has 1 aromatic carbocycles. The van der Waals surface area contributed by atoms with E-state index >= 15 is 0 Å². The number of benzene rings is 1. The van der Waals surface area contributed by atoms with Gasteiger partial charge in [-0.25, -0.2) is 4.98 Å². The molecule has 3 nitrogen and oxygen atoms in total.